The van der Waals surface area contributed by atoms with Crippen LogP contribution in [-0.4, -0.2) is 39.3 Å². The molecule has 1 aromatic rings. The second-order valence-electron chi connectivity index (χ2n) is 5.02. The number of nitrogens with two attached hydrogens (primary N) is 1. The van der Waals surface area contributed by atoms with Crippen LogP contribution in [0.25, 0.3) is 0 Å². The zero-order valence-electron chi connectivity index (χ0n) is 11.6. The summed E-state index contributed by atoms with van der Waals surface area (Å²) in [6.07, 6.45) is 1.08. The van der Waals surface area contributed by atoms with Crippen LogP contribution in [0.3, 0.4) is 0 Å². The summed E-state index contributed by atoms with van der Waals surface area (Å²) in [5.74, 6) is 2.08. The van der Waals surface area contributed by atoms with Crippen molar-refractivity contribution in [3.05, 3.63) is 22.2 Å². The quantitative estimate of drug-likeness (QED) is 0.922. The smallest absolute Gasteiger partial charge is 0.161 e. The summed E-state index contributed by atoms with van der Waals surface area (Å²) in [6.45, 7) is 1.79. The molecule has 1 aliphatic rings. The Labute approximate surface area is 123 Å². The van der Waals surface area contributed by atoms with Gasteiger partial charge in [0.05, 0.1) is 14.2 Å². The van der Waals surface area contributed by atoms with E-state index in [9.17, 15) is 0 Å². The van der Waals surface area contributed by atoms with Crippen LogP contribution >= 0.6 is 15.9 Å². The van der Waals surface area contributed by atoms with E-state index >= 15 is 0 Å². The van der Waals surface area contributed by atoms with Crippen molar-refractivity contribution in [1.82, 2.24) is 4.90 Å². The first-order chi connectivity index (χ1) is 9.10. The number of methoxy groups -OCH3 is 2. The van der Waals surface area contributed by atoms with Crippen molar-refractivity contribution in [2.45, 2.75) is 12.5 Å². The highest BCUT2D eigenvalue weighted by atomic mass is 79.9. The minimum absolute atomic E-state index is 0.378. The highest BCUT2D eigenvalue weighted by molar-refractivity contribution is 9.10. The average molecular weight is 329 g/mol. The van der Waals surface area contributed by atoms with Crippen molar-refractivity contribution in [2.24, 2.45) is 11.7 Å². The Morgan fingerprint density at radius 1 is 1.32 bits per heavy atom. The van der Waals surface area contributed by atoms with E-state index in [1.54, 1.807) is 14.2 Å². The zero-order chi connectivity index (χ0) is 14.0. The van der Waals surface area contributed by atoms with Gasteiger partial charge in [0.25, 0.3) is 0 Å². The van der Waals surface area contributed by atoms with E-state index in [4.69, 9.17) is 15.2 Å². The Morgan fingerprint density at radius 2 is 1.95 bits per heavy atom. The normalized spacial score (nSPS) is 23.6. The number of rotatable bonds is 4. The van der Waals surface area contributed by atoms with E-state index in [0.717, 1.165) is 35.5 Å². The van der Waals surface area contributed by atoms with Gasteiger partial charge in [-0.15, -0.1) is 0 Å². The van der Waals surface area contributed by atoms with Crippen LogP contribution in [0.15, 0.2) is 16.6 Å². The van der Waals surface area contributed by atoms with Gasteiger partial charge in [-0.2, -0.15) is 0 Å². The molecule has 5 heteroatoms. The first-order valence-electron chi connectivity index (χ1n) is 6.42. The molecule has 0 aromatic heterocycles. The molecule has 2 unspecified atom stereocenters. The van der Waals surface area contributed by atoms with Crippen molar-refractivity contribution in [3.63, 3.8) is 0 Å². The molecular formula is C14H21BrN2O2. The average Bonchev–Trinajstić information content (AvgIpc) is 2.79. The maximum atomic E-state index is 5.79. The van der Waals surface area contributed by atoms with Gasteiger partial charge in [0, 0.05) is 17.1 Å². The van der Waals surface area contributed by atoms with E-state index in [1.165, 1.54) is 5.56 Å². The number of hydrogen-bond acceptors (Lipinski definition) is 4. The van der Waals surface area contributed by atoms with Crippen molar-refractivity contribution in [2.75, 3.05) is 34.4 Å². The predicted molar refractivity (Wildman–Crippen MR) is 79.8 cm³/mol. The van der Waals surface area contributed by atoms with Crippen LogP contribution in [0.4, 0.5) is 0 Å². The van der Waals surface area contributed by atoms with Crippen molar-refractivity contribution < 1.29 is 9.47 Å². The van der Waals surface area contributed by atoms with Gasteiger partial charge in [-0.05, 0) is 43.6 Å². The Hall–Kier alpha value is -0.780. The summed E-state index contributed by atoms with van der Waals surface area (Å²) < 4.78 is 11.8. The molecule has 1 aliphatic heterocycles. The van der Waals surface area contributed by atoms with E-state index in [1.807, 2.05) is 6.07 Å². The largest absolute Gasteiger partial charge is 0.493 e. The maximum Gasteiger partial charge on any atom is 0.161 e. The van der Waals surface area contributed by atoms with E-state index < -0.39 is 0 Å². The molecule has 2 atom stereocenters. The molecule has 1 aromatic carbocycles. The second-order valence-corrected chi connectivity index (χ2v) is 5.88. The van der Waals surface area contributed by atoms with Gasteiger partial charge < -0.3 is 15.2 Å². The molecule has 106 valence electrons. The third-order valence-corrected chi connectivity index (χ3v) is 4.52. The Balaban J connectivity index is 2.34. The van der Waals surface area contributed by atoms with Crippen molar-refractivity contribution >= 4 is 15.9 Å². The summed E-state index contributed by atoms with van der Waals surface area (Å²) in [5, 5.41) is 0. The lowest BCUT2D eigenvalue weighted by Gasteiger charge is -2.22. The van der Waals surface area contributed by atoms with Crippen molar-refractivity contribution in [3.8, 4) is 11.5 Å². The zero-order valence-corrected chi connectivity index (χ0v) is 13.2. The van der Waals surface area contributed by atoms with E-state index in [2.05, 4.69) is 33.9 Å². The predicted octanol–water partition coefficient (Wildman–Crippen LogP) is 2.42. The summed E-state index contributed by atoms with van der Waals surface area (Å²) in [7, 11) is 5.45. The number of halogens is 1. The summed E-state index contributed by atoms with van der Waals surface area (Å²) in [4.78, 5) is 2.35. The Bertz CT molecular complexity index is 453. The molecule has 1 heterocycles. The van der Waals surface area contributed by atoms with Crippen LogP contribution in [-0.2, 0) is 0 Å². The number of ether oxygens (including phenoxy) is 2. The molecule has 0 spiro atoms. The first-order valence-corrected chi connectivity index (χ1v) is 7.21. The van der Waals surface area contributed by atoms with Gasteiger partial charge in [0.15, 0.2) is 11.5 Å². The van der Waals surface area contributed by atoms with Crippen LogP contribution < -0.4 is 15.2 Å². The fourth-order valence-corrected chi connectivity index (χ4v) is 3.35. The summed E-state index contributed by atoms with van der Waals surface area (Å²) in [5.41, 5.74) is 7.03. The third-order valence-electron chi connectivity index (χ3n) is 3.83. The highest BCUT2D eigenvalue weighted by Crippen LogP contribution is 2.42. The molecule has 1 saturated heterocycles. The standard InChI is InChI=1S/C14H21BrN2O2/c1-17-8-9(7-16)4-12(17)10-5-13(18-2)14(19-3)6-11(10)15/h5-6,9,12H,4,7-8,16H2,1-3H3. The van der Waals surface area contributed by atoms with Crippen LogP contribution in [0.5, 0.6) is 11.5 Å². The minimum atomic E-state index is 0.378. The van der Waals surface area contributed by atoms with Gasteiger partial charge in [0.1, 0.15) is 0 Å². The summed E-state index contributed by atoms with van der Waals surface area (Å²) >= 11 is 3.64. The number of nitrogens with zero attached hydrogens (tertiary/aromatic N) is 1. The Morgan fingerprint density at radius 3 is 2.47 bits per heavy atom. The molecular weight excluding hydrogens is 308 g/mol. The number of hydrogen-bond donors (Lipinski definition) is 1. The number of benzene rings is 1. The van der Waals surface area contributed by atoms with Gasteiger partial charge in [-0.3, -0.25) is 4.90 Å². The summed E-state index contributed by atoms with van der Waals surface area (Å²) in [6, 6.07) is 4.41. The fourth-order valence-electron chi connectivity index (χ4n) is 2.77. The lowest BCUT2D eigenvalue weighted by molar-refractivity contribution is 0.310. The molecule has 0 bridgehead atoms. The second kappa shape index (κ2) is 6.11. The molecule has 4 nitrogen and oxygen atoms in total. The minimum Gasteiger partial charge on any atom is -0.493 e. The van der Waals surface area contributed by atoms with Crippen LogP contribution in [0, 0.1) is 5.92 Å². The van der Waals surface area contributed by atoms with Gasteiger partial charge in [-0.25, -0.2) is 0 Å². The van der Waals surface area contributed by atoms with Gasteiger partial charge in [-0.1, -0.05) is 15.9 Å². The van der Waals surface area contributed by atoms with Gasteiger partial charge >= 0.3 is 0 Å². The van der Waals surface area contributed by atoms with Gasteiger partial charge in [0.2, 0.25) is 0 Å². The lowest BCUT2D eigenvalue weighted by Crippen LogP contribution is -2.20. The molecule has 0 saturated carbocycles. The highest BCUT2D eigenvalue weighted by Gasteiger charge is 2.31. The molecule has 2 rings (SSSR count). The third kappa shape index (κ3) is 2.88. The molecule has 0 aliphatic carbocycles. The molecule has 1 fully saturated rings. The van der Waals surface area contributed by atoms with Crippen molar-refractivity contribution in [1.29, 1.82) is 0 Å². The molecule has 0 radical (unpaired) electrons. The molecule has 2 N–H and O–H groups in total. The molecule has 0 amide bonds. The fraction of sp³-hybridized carbons (Fsp3) is 0.571. The molecule has 19 heavy (non-hydrogen) atoms. The van der Waals surface area contributed by atoms with Crippen LogP contribution in [0.1, 0.15) is 18.0 Å². The van der Waals surface area contributed by atoms with E-state index in [0.29, 0.717) is 12.0 Å². The lowest BCUT2D eigenvalue weighted by atomic mass is 9.99. The topological polar surface area (TPSA) is 47.7 Å². The maximum absolute atomic E-state index is 5.79. The Kier molecular flexibility index (Phi) is 4.71. The SMILES string of the molecule is COc1cc(Br)c(C2CC(CN)CN2C)cc1OC. The van der Waals surface area contributed by atoms with Crippen LogP contribution in [0.2, 0.25) is 0 Å². The van der Waals surface area contributed by atoms with E-state index in [-0.39, 0.29) is 0 Å². The number of likely N-dealkylation sites (tertiary alicyclic amines) is 1. The first kappa shape index (κ1) is 14.6. The monoisotopic (exact) mass is 328 g/mol.